The third-order valence-electron chi connectivity index (χ3n) is 4.20. The molecule has 0 bridgehead atoms. The van der Waals surface area contributed by atoms with Crippen molar-refractivity contribution < 1.29 is 8.42 Å². The summed E-state index contributed by atoms with van der Waals surface area (Å²) in [6, 6.07) is 6.49. The lowest BCUT2D eigenvalue weighted by Gasteiger charge is -2.34. The van der Waals surface area contributed by atoms with E-state index in [1.54, 1.807) is 24.3 Å². The van der Waals surface area contributed by atoms with Gasteiger partial charge in [-0.15, -0.1) is 10.2 Å². The van der Waals surface area contributed by atoms with Crippen molar-refractivity contribution in [1.82, 2.24) is 20.0 Å². The minimum atomic E-state index is -3.70. The molecule has 1 fully saturated rings. The van der Waals surface area contributed by atoms with Gasteiger partial charge in [-0.3, -0.25) is 4.72 Å². The van der Waals surface area contributed by atoms with Crippen LogP contribution in [0.1, 0.15) is 11.9 Å². The maximum absolute atomic E-state index is 12.5. The Hall–Kier alpha value is -1.82. The van der Waals surface area contributed by atoms with E-state index in [1.807, 2.05) is 6.92 Å². The van der Waals surface area contributed by atoms with Gasteiger partial charge in [0.2, 0.25) is 5.13 Å². The Balaban J connectivity index is 1.63. The van der Waals surface area contributed by atoms with Crippen molar-refractivity contribution in [3.63, 3.8) is 0 Å². The third-order valence-corrected chi connectivity index (χ3v) is 7.02. The van der Waals surface area contributed by atoms with Gasteiger partial charge in [-0.1, -0.05) is 18.3 Å². The first-order chi connectivity index (χ1) is 12.9. The highest BCUT2D eigenvalue weighted by atomic mass is 32.2. The average Bonchev–Trinajstić information content (AvgIpc) is 3.09. The second-order valence-electron chi connectivity index (χ2n) is 6.20. The number of anilines is 2. The van der Waals surface area contributed by atoms with Crippen molar-refractivity contribution in [3.8, 4) is 0 Å². The number of hydrogen-bond donors (Lipinski definition) is 2. The Morgan fingerprint density at radius 1 is 1.19 bits per heavy atom. The molecule has 0 saturated carbocycles. The summed E-state index contributed by atoms with van der Waals surface area (Å²) in [6.07, 6.45) is 0.715. The van der Waals surface area contributed by atoms with Crippen molar-refractivity contribution in [2.45, 2.75) is 18.2 Å². The molecule has 2 N–H and O–H groups in total. The van der Waals surface area contributed by atoms with Gasteiger partial charge in [0, 0.05) is 31.9 Å². The zero-order valence-corrected chi connectivity index (χ0v) is 17.6. The number of aryl methyl sites for hydroxylation is 1. The van der Waals surface area contributed by atoms with Gasteiger partial charge < -0.3 is 15.1 Å². The summed E-state index contributed by atoms with van der Waals surface area (Å²) < 4.78 is 27.4. The number of sulfonamides is 1. The number of thiocarbonyl (C=S) groups is 1. The molecule has 1 aromatic carbocycles. The number of rotatable bonds is 5. The van der Waals surface area contributed by atoms with Crippen LogP contribution in [0.15, 0.2) is 29.2 Å². The van der Waals surface area contributed by atoms with Gasteiger partial charge in [0.05, 0.1) is 4.90 Å². The number of piperazine rings is 1. The molecule has 0 aliphatic carbocycles. The Bertz CT molecular complexity index is 889. The van der Waals surface area contributed by atoms with E-state index in [2.05, 4.69) is 37.1 Å². The summed E-state index contributed by atoms with van der Waals surface area (Å²) in [4.78, 5) is 4.53. The minimum Gasteiger partial charge on any atom is -0.346 e. The monoisotopic (exact) mass is 426 g/mol. The summed E-state index contributed by atoms with van der Waals surface area (Å²) in [5.41, 5.74) is 0.752. The Kier molecular flexibility index (Phi) is 6.25. The van der Waals surface area contributed by atoms with E-state index in [1.165, 1.54) is 11.3 Å². The highest BCUT2D eigenvalue weighted by Gasteiger charge is 2.18. The number of likely N-dealkylation sites (N-methyl/N-ethyl adjacent to an activating group) is 1. The van der Waals surface area contributed by atoms with Crippen molar-refractivity contribution in [3.05, 3.63) is 29.3 Å². The summed E-state index contributed by atoms with van der Waals surface area (Å²) >= 11 is 6.68. The highest BCUT2D eigenvalue weighted by molar-refractivity contribution is 7.93. The molecule has 8 nitrogen and oxygen atoms in total. The molecule has 27 heavy (non-hydrogen) atoms. The van der Waals surface area contributed by atoms with E-state index < -0.39 is 10.0 Å². The normalized spacial score (nSPS) is 15.6. The van der Waals surface area contributed by atoms with E-state index in [4.69, 9.17) is 12.2 Å². The lowest BCUT2D eigenvalue weighted by atomic mass is 10.3. The number of hydrogen-bond acceptors (Lipinski definition) is 7. The second-order valence-corrected chi connectivity index (χ2v) is 9.34. The van der Waals surface area contributed by atoms with Crippen molar-refractivity contribution in [2.24, 2.45) is 0 Å². The molecule has 3 rings (SSSR count). The van der Waals surface area contributed by atoms with E-state index in [0.717, 1.165) is 36.9 Å². The fourth-order valence-electron chi connectivity index (χ4n) is 2.54. The molecule has 2 aromatic rings. The molecule has 1 aliphatic heterocycles. The van der Waals surface area contributed by atoms with Gasteiger partial charge in [0.1, 0.15) is 5.01 Å². The lowest BCUT2D eigenvalue weighted by molar-refractivity contribution is 0.217. The van der Waals surface area contributed by atoms with E-state index in [-0.39, 0.29) is 10.0 Å². The van der Waals surface area contributed by atoms with Gasteiger partial charge in [0.25, 0.3) is 10.0 Å². The Morgan fingerprint density at radius 3 is 2.44 bits per heavy atom. The molecule has 1 aromatic heterocycles. The Labute approximate surface area is 168 Å². The van der Waals surface area contributed by atoms with Crippen LogP contribution >= 0.6 is 23.6 Å². The molecule has 1 saturated heterocycles. The van der Waals surface area contributed by atoms with Gasteiger partial charge in [-0.05, 0) is 50.0 Å². The molecular weight excluding hydrogens is 404 g/mol. The number of nitrogens with zero attached hydrogens (tertiary/aromatic N) is 4. The van der Waals surface area contributed by atoms with Crippen LogP contribution in [-0.4, -0.2) is 66.8 Å². The van der Waals surface area contributed by atoms with Crippen molar-refractivity contribution in [2.75, 3.05) is 43.3 Å². The van der Waals surface area contributed by atoms with Crippen LogP contribution in [-0.2, 0) is 16.4 Å². The molecule has 2 heterocycles. The van der Waals surface area contributed by atoms with Crippen LogP contribution in [0.4, 0.5) is 10.8 Å². The van der Waals surface area contributed by atoms with Gasteiger partial charge >= 0.3 is 0 Å². The second kappa shape index (κ2) is 8.46. The zero-order valence-electron chi connectivity index (χ0n) is 15.2. The fourth-order valence-corrected chi connectivity index (χ4v) is 4.75. The van der Waals surface area contributed by atoms with Crippen LogP contribution in [0, 0.1) is 0 Å². The summed E-state index contributed by atoms with van der Waals surface area (Å²) in [7, 11) is -1.61. The van der Waals surface area contributed by atoms with Gasteiger partial charge in [-0.2, -0.15) is 0 Å². The molecular formula is C16H22N6O2S3. The van der Waals surface area contributed by atoms with Gasteiger partial charge in [0.15, 0.2) is 5.11 Å². The van der Waals surface area contributed by atoms with Crippen LogP contribution in [0.2, 0.25) is 0 Å². The quantitative estimate of drug-likeness (QED) is 0.700. The third kappa shape index (κ3) is 5.12. The highest BCUT2D eigenvalue weighted by Crippen LogP contribution is 2.21. The molecule has 0 amide bonds. The van der Waals surface area contributed by atoms with Crippen LogP contribution in [0.25, 0.3) is 0 Å². The van der Waals surface area contributed by atoms with E-state index in [0.29, 0.717) is 11.5 Å². The van der Waals surface area contributed by atoms with Crippen molar-refractivity contribution >= 4 is 49.5 Å². The summed E-state index contributed by atoms with van der Waals surface area (Å²) in [6.45, 7) is 5.63. The molecule has 0 spiro atoms. The van der Waals surface area contributed by atoms with Crippen LogP contribution in [0.3, 0.4) is 0 Å². The fraction of sp³-hybridized carbons (Fsp3) is 0.438. The zero-order chi connectivity index (χ0) is 19.4. The van der Waals surface area contributed by atoms with Crippen LogP contribution < -0.4 is 10.0 Å². The first-order valence-corrected chi connectivity index (χ1v) is 11.3. The largest absolute Gasteiger partial charge is 0.346 e. The molecule has 11 heteroatoms. The molecule has 1 aliphatic rings. The topological polar surface area (TPSA) is 90.5 Å². The smallest absolute Gasteiger partial charge is 0.263 e. The number of benzene rings is 1. The molecule has 0 unspecified atom stereocenters. The first-order valence-electron chi connectivity index (χ1n) is 8.57. The Morgan fingerprint density at radius 2 is 1.85 bits per heavy atom. The summed E-state index contributed by atoms with van der Waals surface area (Å²) in [5.74, 6) is 0. The standard InChI is InChI=1S/C16H22N6O2S3/c1-3-14-18-19-15(26-14)20-27(23,24)13-6-4-12(5-7-13)17-16(25)22-10-8-21(2)9-11-22/h4-7H,3,8-11H2,1-2H3,(H,17,25)(H,19,20). The maximum Gasteiger partial charge on any atom is 0.263 e. The SMILES string of the molecule is CCc1nnc(NS(=O)(=O)c2ccc(NC(=S)N3CCN(C)CC3)cc2)s1. The van der Waals surface area contributed by atoms with Gasteiger partial charge in [-0.25, -0.2) is 8.42 Å². The lowest BCUT2D eigenvalue weighted by Crippen LogP contribution is -2.48. The molecule has 146 valence electrons. The van der Waals surface area contributed by atoms with Crippen molar-refractivity contribution in [1.29, 1.82) is 0 Å². The van der Waals surface area contributed by atoms with Crippen LogP contribution in [0.5, 0.6) is 0 Å². The molecule has 0 atom stereocenters. The predicted octanol–water partition coefficient (Wildman–Crippen LogP) is 1.85. The van der Waals surface area contributed by atoms with E-state index in [9.17, 15) is 8.42 Å². The maximum atomic E-state index is 12.5. The number of aromatic nitrogens is 2. The predicted molar refractivity (Wildman–Crippen MR) is 112 cm³/mol. The average molecular weight is 427 g/mol. The van der Waals surface area contributed by atoms with E-state index >= 15 is 0 Å². The number of nitrogens with one attached hydrogen (secondary N) is 2. The summed E-state index contributed by atoms with van der Waals surface area (Å²) in [5, 5.41) is 12.6. The minimum absolute atomic E-state index is 0.159. The first kappa shape index (κ1) is 19.9. The molecule has 0 radical (unpaired) electrons.